The average Bonchev–Trinajstić information content (AvgIpc) is 3.20. The van der Waals surface area contributed by atoms with Gasteiger partial charge < -0.3 is 10.6 Å². The number of benzene rings is 1. The smallest absolute Gasteiger partial charge is 0.238 e. The lowest BCUT2D eigenvalue weighted by molar-refractivity contribution is -0.118. The van der Waals surface area contributed by atoms with Gasteiger partial charge in [-0.3, -0.25) is 4.79 Å². The molecule has 1 aliphatic heterocycles. The summed E-state index contributed by atoms with van der Waals surface area (Å²) in [6.07, 6.45) is 3.55. The van der Waals surface area contributed by atoms with E-state index >= 15 is 0 Å². The molecule has 1 amide bonds. The number of primary sulfonamides is 1. The summed E-state index contributed by atoms with van der Waals surface area (Å²) < 4.78 is 23.4. The zero-order valence-corrected chi connectivity index (χ0v) is 14.1. The standard InChI is InChI=1S/C16H23N3O3S/c1-2-11-3-4-12(9-14(11)23(17,21)22)19-15(20)13-10-16(13)5-7-18-8-6-16/h3-4,9,13,18H,2,5-8,10H2,1H3,(H,19,20)(H2,17,21,22). The first-order valence-corrected chi connectivity index (χ1v) is 9.58. The number of rotatable bonds is 4. The van der Waals surface area contributed by atoms with Crippen LogP contribution in [0.15, 0.2) is 23.1 Å². The second-order valence-electron chi connectivity index (χ2n) is 6.58. The minimum atomic E-state index is -3.80. The van der Waals surface area contributed by atoms with Crippen LogP contribution in [0, 0.1) is 11.3 Å². The van der Waals surface area contributed by atoms with Crippen molar-refractivity contribution in [3.63, 3.8) is 0 Å². The molecule has 0 aromatic heterocycles. The molecule has 1 heterocycles. The van der Waals surface area contributed by atoms with Crippen molar-refractivity contribution in [2.75, 3.05) is 18.4 Å². The lowest BCUT2D eigenvalue weighted by atomic mass is 9.92. The minimum Gasteiger partial charge on any atom is -0.326 e. The van der Waals surface area contributed by atoms with E-state index in [1.165, 1.54) is 6.07 Å². The first-order valence-electron chi connectivity index (χ1n) is 8.03. The Hall–Kier alpha value is -1.44. The van der Waals surface area contributed by atoms with Gasteiger partial charge in [-0.15, -0.1) is 0 Å². The van der Waals surface area contributed by atoms with Crippen molar-refractivity contribution < 1.29 is 13.2 Å². The maximum atomic E-state index is 12.5. The van der Waals surface area contributed by atoms with Crippen LogP contribution in [0.5, 0.6) is 0 Å². The van der Waals surface area contributed by atoms with Gasteiger partial charge in [0.15, 0.2) is 0 Å². The number of hydrogen-bond donors (Lipinski definition) is 3. The third kappa shape index (κ3) is 3.27. The molecule has 1 saturated carbocycles. The molecule has 3 rings (SSSR count). The quantitative estimate of drug-likeness (QED) is 0.769. The zero-order valence-electron chi connectivity index (χ0n) is 13.3. The Balaban J connectivity index is 1.75. The molecule has 7 heteroatoms. The van der Waals surface area contributed by atoms with Crippen molar-refractivity contribution in [3.05, 3.63) is 23.8 Å². The molecule has 23 heavy (non-hydrogen) atoms. The van der Waals surface area contributed by atoms with E-state index in [2.05, 4.69) is 10.6 Å². The fraction of sp³-hybridized carbons (Fsp3) is 0.562. The fourth-order valence-corrected chi connectivity index (χ4v) is 4.48. The maximum Gasteiger partial charge on any atom is 0.238 e. The maximum absolute atomic E-state index is 12.5. The topological polar surface area (TPSA) is 101 Å². The number of nitrogens with one attached hydrogen (secondary N) is 2. The van der Waals surface area contributed by atoms with Crippen molar-refractivity contribution in [3.8, 4) is 0 Å². The van der Waals surface area contributed by atoms with E-state index in [1.807, 2.05) is 6.92 Å². The lowest BCUT2D eigenvalue weighted by Crippen LogP contribution is -2.31. The Morgan fingerprint density at radius 2 is 2.09 bits per heavy atom. The molecule has 2 aliphatic rings. The summed E-state index contributed by atoms with van der Waals surface area (Å²) in [6.45, 7) is 3.79. The Morgan fingerprint density at radius 1 is 1.39 bits per heavy atom. The first-order chi connectivity index (χ1) is 10.9. The molecule has 1 aromatic carbocycles. The summed E-state index contributed by atoms with van der Waals surface area (Å²) >= 11 is 0. The number of aryl methyl sites for hydroxylation is 1. The van der Waals surface area contributed by atoms with Crippen LogP contribution in [0.3, 0.4) is 0 Å². The highest BCUT2D eigenvalue weighted by Crippen LogP contribution is 2.58. The third-order valence-electron chi connectivity index (χ3n) is 5.13. The molecule has 126 valence electrons. The fourth-order valence-electron chi connectivity index (χ4n) is 3.61. The van der Waals surface area contributed by atoms with Crippen LogP contribution < -0.4 is 15.8 Å². The van der Waals surface area contributed by atoms with Gasteiger partial charge in [-0.2, -0.15) is 0 Å². The van der Waals surface area contributed by atoms with Crippen molar-refractivity contribution in [1.29, 1.82) is 0 Å². The van der Waals surface area contributed by atoms with Gasteiger partial charge >= 0.3 is 0 Å². The summed E-state index contributed by atoms with van der Waals surface area (Å²) in [5.41, 5.74) is 1.31. The highest BCUT2D eigenvalue weighted by molar-refractivity contribution is 7.89. The molecule has 1 unspecified atom stereocenters. The normalized spacial score (nSPS) is 22.8. The number of nitrogens with two attached hydrogens (primary N) is 1. The van der Waals surface area contributed by atoms with Crippen molar-refractivity contribution in [1.82, 2.24) is 5.32 Å². The van der Waals surface area contributed by atoms with Crippen molar-refractivity contribution in [2.24, 2.45) is 16.5 Å². The Labute approximate surface area is 136 Å². The number of hydrogen-bond acceptors (Lipinski definition) is 4. The molecular weight excluding hydrogens is 314 g/mol. The van der Waals surface area contributed by atoms with E-state index in [1.54, 1.807) is 12.1 Å². The number of carbonyl (C=O) groups excluding carboxylic acids is 1. The number of amides is 1. The van der Waals surface area contributed by atoms with Crippen molar-refractivity contribution in [2.45, 2.75) is 37.5 Å². The van der Waals surface area contributed by atoms with E-state index in [0.717, 1.165) is 32.4 Å². The van der Waals surface area contributed by atoms with Gasteiger partial charge in [0.1, 0.15) is 0 Å². The van der Waals surface area contributed by atoms with Gasteiger partial charge in [-0.25, -0.2) is 13.6 Å². The van der Waals surface area contributed by atoms with Gasteiger partial charge in [-0.1, -0.05) is 13.0 Å². The van der Waals surface area contributed by atoms with Crippen LogP contribution in [-0.4, -0.2) is 27.4 Å². The Kier molecular flexibility index (Phi) is 4.20. The second kappa shape index (κ2) is 5.89. The Bertz CT molecular complexity index is 724. The van der Waals surface area contributed by atoms with E-state index in [4.69, 9.17) is 5.14 Å². The highest BCUT2D eigenvalue weighted by Gasteiger charge is 2.57. The van der Waals surface area contributed by atoms with Crippen LogP contribution in [0.1, 0.15) is 31.7 Å². The minimum absolute atomic E-state index is 0.0171. The van der Waals surface area contributed by atoms with Crippen LogP contribution >= 0.6 is 0 Å². The number of piperidine rings is 1. The molecule has 2 fully saturated rings. The first kappa shape index (κ1) is 16.4. The second-order valence-corrected chi connectivity index (χ2v) is 8.11. The predicted octanol–water partition coefficient (Wildman–Crippen LogP) is 1.22. The zero-order chi connectivity index (χ0) is 16.7. The van der Waals surface area contributed by atoms with Crippen LogP contribution in [0.4, 0.5) is 5.69 Å². The average molecular weight is 337 g/mol. The Morgan fingerprint density at radius 3 is 2.70 bits per heavy atom. The third-order valence-corrected chi connectivity index (χ3v) is 6.12. The van der Waals surface area contributed by atoms with Gasteiger partial charge in [0.25, 0.3) is 0 Å². The molecule has 1 spiro atoms. The SMILES string of the molecule is CCc1ccc(NC(=O)C2CC23CCNCC3)cc1S(N)(=O)=O. The summed E-state index contributed by atoms with van der Waals surface area (Å²) in [5.74, 6) is 0.0184. The summed E-state index contributed by atoms with van der Waals surface area (Å²) in [4.78, 5) is 12.5. The number of carbonyl (C=O) groups is 1. The molecule has 0 bridgehead atoms. The van der Waals surface area contributed by atoms with Crippen LogP contribution in [0.25, 0.3) is 0 Å². The predicted molar refractivity (Wildman–Crippen MR) is 88.5 cm³/mol. The molecule has 4 N–H and O–H groups in total. The van der Waals surface area contributed by atoms with Crippen molar-refractivity contribution >= 4 is 21.6 Å². The molecular formula is C16H23N3O3S. The molecule has 1 saturated heterocycles. The van der Waals surface area contributed by atoms with E-state index < -0.39 is 10.0 Å². The van der Waals surface area contributed by atoms with Crippen LogP contribution in [0.2, 0.25) is 0 Å². The van der Waals surface area contributed by atoms with Gasteiger partial charge in [-0.05, 0) is 61.9 Å². The molecule has 1 aliphatic carbocycles. The molecule has 0 radical (unpaired) electrons. The van der Waals surface area contributed by atoms with E-state index in [0.29, 0.717) is 17.7 Å². The molecule has 1 atom stereocenters. The van der Waals surface area contributed by atoms with Gasteiger partial charge in [0.2, 0.25) is 15.9 Å². The van der Waals surface area contributed by atoms with Gasteiger partial charge in [0, 0.05) is 11.6 Å². The number of sulfonamides is 1. The lowest BCUT2D eigenvalue weighted by Gasteiger charge is -2.23. The highest BCUT2D eigenvalue weighted by atomic mass is 32.2. The van der Waals surface area contributed by atoms with E-state index in [9.17, 15) is 13.2 Å². The summed E-state index contributed by atoms with van der Waals surface area (Å²) in [6, 6.07) is 4.91. The van der Waals surface area contributed by atoms with E-state index in [-0.39, 0.29) is 22.1 Å². The largest absolute Gasteiger partial charge is 0.326 e. The van der Waals surface area contributed by atoms with Crippen LogP contribution in [-0.2, 0) is 21.2 Å². The number of anilines is 1. The molecule has 1 aromatic rings. The molecule has 6 nitrogen and oxygen atoms in total. The summed E-state index contributed by atoms with van der Waals surface area (Å²) in [7, 11) is -3.80. The summed E-state index contributed by atoms with van der Waals surface area (Å²) in [5, 5.41) is 11.4. The monoisotopic (exact) mass is 337 g/mol. The van der Waals surface area contributed by atoms with Gasteiger partial charge in [0.05, 0.1) is 4.90 Å².